The number of rotatable bonds is 6. The Morgan fingerprint density at radius 1 is 1.39 bits per heavy atom. The van der Waals surface area contributed by atoms with Crippen LogP contribution in [0.15, 0.2) is 0 Å². The lowest BCUT2D eigenvalue weighted by Gasteiger charge is -2.13. The van der Waals surface area contributed by atoms with E-state index < -0.39 is 16.8 Å². The Morgan fingerprint density at radius 3 is 2.67 bits per heavy atom. The Labute approximate surface area is 109 Å². The van der Waals surface area contributed by atoms with E-state index in [0.717, 1.165) is 0 Å². The van der Waals surface area contributed by atoms with Crippen molar-refractivity contribution in [2.24, 2.45) is 5.92 Å². The maximum Gasteiger partial charge on any atom is 0.315 e. The van der Waals surface area contributed by atoms with Crippen LogP contribution in [0.1, 0.15) is 25.7 Å². The van der Waals surface area contributed by atoms with Gasteiger partial charge >= 0.3 is 12.0 Å². The third-order valence-electron chi connectivity index (χ3n) is 3.01. The molecule has 6 nitrogen and oxygen atoms in total. The summed E-state index contributed by atoms with van der Waals surface area (Å²) in [7, 11) is -0.831. The highest BCUT2D eigenvalue weighted by Crippen LogP contribution is 2.25. The topological polar surface area (TPSA) is 95.5 Å². The van der Waals surface area contributed by atoms with Gasteiger partial charge in [-0.2, -0.15) is 0 Å². The van der Waals surface area contributed by atoms with Crippen molar-refractivity contribution < 1.29 is 18.9 Å². The van der Waals surface area contributed by atoms with Gasteiger partial charge in [0.1, 0.15) is 0 Å². The lowest BCUT2D eigenvalue weighted by atomic mass is 10.1. The van der Waals surface area contributed by atoms with Crippen LogP contribution in [0.4, 0.5) is 4.79 Å². The first-order valence-electron chi connectivity index (χ1n) is 6.06. The van der Waals surface area contributed by atoms with Gasteiger partial charge in [-0.05, 0) is 25.7 Å². The quantitative estimate of drug-likeness (QED) is 0.608. The van der Waals surface area contributed by atoms with Crippen LogP contribution in [-0.2, 0) is 15.6 Å². The summed E-state index contributed by atoms with van der Waals surface area (Å²) >= 11 is 0. The zero-order valence-corrected chi connectivity index (χ0v) is 11.3. The average molecular weight is 276 g/mol. The van der Waals surface area contributed by atoms with Gasteiger partial charge < -0.3 is 15.7 Å². The molecule has 1 aliphatic carbocycles. The molecule has 0 aromatic rings. The third-order valence-corrected chi connectivity index (χ3v) is 3.87. The Hall–Kier alpha value is -1.11. The minimum absolute atomic E-state index is 0.0496. The molecule has 1 fully saturated rings. The number of urea groups is 1. The van der Waals surface area contributed by atoms with E-state index in [1.54, 1.807) is 6.26 Å². The molecule has 1 rings (SSSR count). The van der Waals surface area contributed by atoms with Crippen molar-refractivity contribution in [2.45, 2.75) is 31.7 Å². The lowest BCUT2D eigenvalue weighted by Crippen LogP contribution is -2.41. The van der Waals surface area contributed by atoms with Gasteiger partial charge in [-0.15, -0.1) is 0 Å². The molecular formula is C11H20N2O4S. The molecule has 0 aromatic carbocycles. The first-order valence-corrected chi connectivity index (χ1v) is 7.79. The van der Waals surface area contributed by atoms with E-state index >= 15 is 0 Å². The molecule has 0 radical (unpaired) electrons. The van der Waals surface area contributed by atoms with Crippen molar-refractivity contribution in [3.8, 4) is 0 Å². The van der Waals surface area contributed by atoms with Gasteiger partial charge in [0.25, 0.3) is 0 Å². The van der Waals surface area contributed by atoms with Crippen molar-refractivity contribution in [3.63, 3.8) is 0 Å². The third kappa shape index (κ3) is 5.48. The molecule has 0 aromatic heterocycles. The number of amides is 2. The number of carbonyl (C=O) groups is 2. The second-order valence-electron chi connectivity index (χ2n) is 4.58. The monoisotopic (exact) mass is 276 g/mol. The Morgan fingerprint density at radius 2 is 2.11 bits per heavy atom. The minimum atomic E-state index is -0.831. The van der Waals surface area contributed by atoms with Gasteiger partial charge in [0, 0.05) is 35.4 Å². The number of nitrogens with one attached hydrogen (secondary N) is 2. The van der Waals surface area contributed by atoms with Crippen molar-refractivity contribution >= 4 is 22.8 Å². The van der Waals surface area contributed by atoms with Crippen LogP contribution in [0.5, 0.6) is 0 Å². The number of hydrogen-bond acceptors (Lipinski definition) is 3. The number of hydrogen-bond donors (Lipinski definition) is 3. The van der Waals surface area contributed by atoms with Gasteiger partial charge in [-0.1, -0.05) is 0 Å². The summed E-state index contributed by atoms with van der Waals surface area (Å²) in [4.78, 5) is 22.2. The molecule has 7 heteroatoms. The SMILES string of the molecule is CS(=O)CCCNC(=O)N[C@H]1CC[C@@H](C(=O)O)C1. The maximum absolute atomic E-state index is 11.5. The van der Waals surface area contributed by atoms with Gasteiger partial charge in [0.15, 0.2) is 0 Å². The first-order chi connectivity index (χ1) is 8.49. The molecular weight excluding hydrogens is 256 g/mol. The molecule has 1 aliphatic rings. The standard InChI is InChI=1S/C11H20N2O4S/c1-18(17)6-2-5-12-11(16)13-9-4-3-8(7-9)10(14)15/h8-9H,2-7H2,1H3,(H,14,15)(H2,12,13,16)/t8-,9+,18?/m1/s1. The minimum Gasteiger partial charge on any atom is -0.481 e. The molecule has 18 heavy (non-hydrogen) atoms. The summed E-state index contributed by atoms with van der Waals surface area (Å²) < 4.78 is 10.8. The van der Waals surface area contributed by atoms with Crippen LogP contribution in [0.2, 0.25) is 0 Å². The molecule has 0 spiro atoms. The number of carboxylic acids is 1. The predicted octanol–water partition coefficient (Wildman–Crippen LogP) is 0.308. The molecule has 0 bridgehead atoms. The summed E-state index contributed by atoms with van der Waals surface area (Å²) in [6.07, 6.45) is 4.14. The molecule has 3 N–H and O–H groups in total. The zero-order chi connectivity index (χ0) is 13.5. The zero-order valence-electron chi connectivity index (χ0n) is 10.5. The second-order valence-corrected chi connectivity index (χ2v) is 6.13. The van der Waals surface area contributed by atoms with Crippen LogP contribution in [0, 0.1) is 5.92 Å². The van der Waals surface area contributed by atoms with E-state index in [1.165, 1.54) is 0 Å². The fourth-order valence-electron chi connectivity index (χ4n) is 2.05. The van der Waals surface area contributed by atoms with Crippen LogP contribution in [0.3, 0.4) is 0 Å². The van der Waals surface area contributed by atoms with Crippen molar-refractivity contribution in [2.75, 3.05) is 18.6 Å². The molecule has 3 atom stereocenters. The predicted molar refractivity (Wildman–Crippen MR) is 68.8 cm³/mol. The first kappa shape index (κ1) is 14.9. The van der Waals surface area contributed by atoms with E-state index in [-0.39, 0.29) is 18.0 Å². The summed E-state index contributed by atoms with van der Waals surface area (Å²) in [6.45, 7) is 0.487. The summed E-state index contributed by atoms with van der Waals surface area (Å²) in [5, 5.41) is 14.3. The van der Waals surface area contributed by atoms with E-state index in [2.05, 4.69) is 10.6 Å². The highest BCUT2D eigenvalue weighted by molar-refractivity contribution is 7.84. The highest BCUT2D eigenvalue weighted by Gasteiger charge is 2.30. The summed E-state index contributed by atoms with van der Waals surface area (Å²) in [5.74, 6) is -0.548. The van der Waals surface area contributed by atoms with E-state index in [9.17, 15) is 13.8 Å². The largest absolute Gasteiger partial charge is 0.481 e. The Balaban J connectivity index is 2.13. The molecule has 104 valence electrons. The van der Waals surface area contributed by atoms with Gasteiger partial charge in [-0.25, -0.2) is 4.79 Å². The van der Waals surface area contributed by atoms with Gasteiger partial charge in [-0.3, -0.25) is 9.00 Å². The molecule has 0 saturated heterocycles. The van der Waals surface area contributed by atoms with Gasteiger partial charge in [0.2, 0.25) is 0 Å². The van der Waals surface area contributed by atoms with Crippen LogP contribution in [0.25, 0.3) is 0 Å². The fraction of sp³-hybridized carbons (Fsp3) is 0.818. The van der Waals surface area contributed by atoms with E-state index in [1.807, 2.05) is 0 Å². The van der Waals surface area contributed by atoms with Crippen molar-refractivity contribution in [1.29, 1.82) is 0 Å². The van der Waals surface area contributed by atoms with Crippen molar-refractivity contribution in [3.05, 3.63) is 0 Å². The Kier molecular flexibility index (Phi) is 6.11. The molecule has 2 amide bonds. The smallest absolute Gasteiger partial charge is 0.315 e. The fourth-order valence-corrected chi connectivity index (χ4v) is 2.60. The number of carboxylic acid groups (broad SMARTS) is 1. The van der Waals surface area contributed by atoms with Crippen LogP contribution < -0.4 is 10.6 Å². The normalized spacial score (nSPS) is 24.5. The summed E-state index contributed by atoms with van der Waals surface area (Å²) in [5.41, 5.74) is 0. The molecule has 0 aliphatic heterocycles. The highest BCUT2D eigenvalue weighted by atomic mass is 32.2. The van der Waals surface area contributed by atoms with E-state index in [4.69, 9.17) is 5.11 Å². The maximum atomic E-state index is 11.5. The molecule has 0 heterocycles. The van der Waals surface area contributed by atoms with E-state index in [0.29, 0.717) is 38.0 Å². The van der Waals surface area contributed by atoms with Gasteiger partial charge in [0.05, 0.1) is 5.92 Å². The Bertz CT molecular complexity index is 335. The number of aliphatic carboxylic acids is 1. The molecule has 1 saturated carbocycles. The second kappa shape index (κ2) is 7.35. The van der Waals surface area contributed by atoms with Crippen molar-refractivity contribution in [1.82, 2.24) is 10.6 Å². The lowest BCUT2D eigenvalue weighted by molar-refractivity contribution is -0.141. The summed E-state index contributed by atoms with van der Waals surface area (Å²) in [6, 6.07) is -0.320. The average Bonchev–Trinajstić information content (AvgIpc) is 2.72. The van der Waals surface area contributed by atoms with Crippen LogP contribution >= 0.6 is 0 Å². The van der Waals surface area contributed by atoms with Crippen LogP contribution in [-0.4, -0.2) is 45.9 Å². The number of carbonyl (C=O) groups excluding carboxylic acids is 1. The molecule has 1 unspecified atom stereocenters.